The zero-order chi connectivity index (χ0) is 14.7. The summed E-state index contributed by atoms with van der Waals surface area (Å²) in [5.41, 5.74) is 0.668. The van der Waals surface area contributed by atoms with E-state index in [0.29, 0.717) is 5.41 Å². The highest BCUT2D eigenvalue weighted by atomic mass is 28.3. The molecule has 4 heteroatoms. The van der Waals surface area contributed by atoms with Crippen LogP contribution in [0.5, 0.6) is 0 Å². The number of nitrogens with zero attached hydrogens (tertiary/aromatic N) is 1. The van der Waals surface area contributed by atoms with E-state index in [-0.39, 0.29) is 5.54 Å². The van der Waals surface area contributed by atoms with Crippen molar-refractivity contribution in [1.29, 1.82) is 0 Å². The summed E-state index contributed by atoms with van der Waals surface area (Å²) in [4.78, 5) is 0. The largest absolute Gasteiger partial charge is 0.410 e. The standard InChI is InChI=1S/C15H33NO2Si/c1-14(2,3)10-8-13-9-11-16(15(4,5)12-13)19(17-6)18-7/h13,19H,8-12H2,1-7H3. The van der Waals surface area contributed by atoms with Crippen LogP contribution in [0.1, 0.15) is 60.3 Å². The van der Waals surface area contributed by atoms with Gasteiger partial charge in [0.1, 0.15) is 0 Å². The van der Waals surface area contributed by atoms with Crippen LogP contribution in [-0.4, -0.2) is 40.3 Å². The van der Waals surface area contributed by atoms with Gasteiger partial charge in [-0.25, -0.2) is 0 Å². The highest BCUT2D eigenvalue weighted by Crippen LogP contribution is 2.36. The van der Waals surface area contributed by atoms with Gasteiger partial charge in [0.2, 0.25) is 0 Å². The van der Waals surface area contributed by atoms with Crippen molar-refractivity contribution in [2.75, 3.05) is 20.8 Å². The van der Waals surface area contributed by atoms with Gasteiger partial charge in [-0.2, -0.15) is 0 Å². The van der Waals surface area contributed by atoms with Crippen LogP contribution in [-0.2, 0) is 8.85 Å². The topological polar surface area (TPSA) is 21.7 Å². The van der Waals surface area contributed by atoms with Crippen molar-refractivity contribution in [1.82, 2.24) is 4.57 Å². The molecule has 1 saturated heterocycles. The fourth-order valence-corrected chi connectivity index (χ4v) is 4.91. The third-order valence-electron chi connectivity index (χ3n) is 4.30. The lowest BCUT2D eigenvalue weighted by Crippen LogP contribution is -2.58. The minimum absolute atomic E-state index is 0.212. The van der Waals surface area contributed by atoms with E-state index in [1.807, 2.05) is 0 Å². The molecule has 1 aliphatic heterocycles. The number of piperidine rings is 1. The number of hydrogen-bond acceptors (Lipinski definition) is 3. The van der Waals surface area contributed by atoms with Crippen LogP contribution in [0.3, 0.4) is 0 Å². The molecular formula is C15H33NO2Si. The molecule has 0 bridgehead atoms. The predicted molar refractivity (Wildman–Crippen MR) is 83.4 cm³/mol. The molecule has 1 aliphatic rings. The molecule has 0 N–H and O–H groups in total. The second-order valence-electron chi connectivity index (χ2n) is 7.74. The summed E-state index contributed by atoms with van der Waals surface area (Å²) >= 11 is 0. The van der Waals surface area contributed by atoms with Gasteiger partial charge >= 0.3 is 9.45 Å². The molecule has 1 unspecified atom stereocenters. The molecule has 1 rings (SSSR count). The summed E-state index contributed by atoms with van der Waals surface area (Å²) in [5.74, 6) is 0.855. The Morgan fingerprint density at radius 2 is 1.79 bits per heavy atom. The zero-order valence-electron chi connectivity index (χ0n) is 14.0. The third kappa shape index (κ3) is 5.18. The zero-order valence-corrected chi connectivity index (χ0v) is 15.1. The van der Waals surface area contributed by atoms with Crippen LogP contribution >= 0.6 is 0 Å². The van der Waals surface area contributed by atoms with Gasteiger partial charge in [-0.3, -0.25) is 4.57 Å². The first-order valence-corrected chi connectivity index (χ1v) is 8.98. The summed E-state index contributed by atoms with van der Waals surface area (Å²) in [6, 6.07) is 0. The van der Waals surface area contributed by atoms with E-state index in [1.54, 1.807) is 14.2 Å². The molecule has 0 spiro atoms. The van der Waals surface area contributed by atoms with Crippen molar-refractivity contribution < 1.29 is 8.85 Å². The molecule has 0 amide bonds. The smallest absolute Gasteiger partial charge is 0.388 e. The average molecular weight is 288 g/mol. The molecule has 0 aliphatic carbocycles. The van der Waals surface area contributed by atoms with Gasteiger partial charge in [0.25, 0.3) is 0 Å². The Labute approximate surface area is 121 Å². The number of rotatable bonds is 5. The maximum absolute atomic E-state index is 5.57. The van der Waals surface area contributed by atoms with E-state index in [0.717, 1.165) is 12.5 Å². The first-order valence-electron chi connectivity index (χ1n) is 7.52. The van der Waals surface area contributed by atoms with Crippen molar-refractivity contribution >= 4 is 9.45 Å². The van der Waals surface area contributed by atoms with Gasteiger partial charge in [0.05, 0.1) is 0 Å². The van der Waals surface area contributed by atoms with Crippen LogP contribution in [0.2, 0.25) is 0 Å². The lowest BCUT2D eigenvalue weighted by Gasteiger charge is -2.47. The van der Waals surface area contributed by atoms with Gasteiger partial charge in [-0.05, 0) is 57.4 Å². The van der Waals surface area contributed by atoms with E-state index in [9.17, 15) is 0 Å². The molecule has 0 aromatic carbocycles. The van der Waals surface area contributed by atoms with E-state index >= 15 is 0 Å². The summed E-state index contributed by atoms with van der Waals surface area (Å²) in [6.45, 7) is 12.8. The van der Waals surface area contributed by atoms with E-state index in [2.05, 4.69) is 39.2 Å². The average Bonchev–Trinajstić information content (AvgIpc) is 2.28. The van der Waals surface area contributed by atoms with Crippen molar-refractivity contribution in [2.24, 2.45) is 11.3 Å². The summed E-state index contributed by atoms with van der Waals surface area (Å²) in [6.07, 6.45) is 5.23. The minimum Gasteiger partial charge on any atom is -0.388 e. The molecule has 1 heterocycles. The number of hydrogen-bond donors (Lipinski definition) is 0. The lowest BCUT2D eigenvalue weighted by atomic mass is 9.78. The molecule has 19 heavy (non-hydrogen) atoms. The van der Waals surface area contributed by atoms with E-state index in [4.69, 9.17) is 8.85 Å². The molecule has 0 radical (unpaired) electrons. The van der Waals surface area contributed by atoms with Crippen LogP contribution in [0, 0.1) is 11.3 Å². The second kappa shape index (κ2) is 6.70. The van der Waals surface area contributed by atoms with Gasteiger partial charge in [-0.15, -0.1) is 0 Å². The fourth-order valence-electron chi connectivity index (χ4n) is 3.18. The maximum atomic E-state index is 5.57. The second-order valence-corrected chi connectivity index (χ2v) is 9.92. The molecular weight excluding hydrogens is 254 g/mol. The predicted octanol–water partition coefficient (Wildman–Crippen LogP) is 3.31. The van der Waals surface area contributed by atoms with Crippen molar-refractivity contribution in [2.45, 2.75) is 65.8 Å². The molecule has 0 aromatic rings. The minimum atomic E-state index is -1.65. The van der Waals surface area contributed by atoms with Crippen molar-refractivity contribution in [3.8, 4) is 0 Å². The fraction of sp³-hybridized carbons (Fsp3) is 1.00. The normalized spacial score (nSPS) is 24.9. The molecule has 0 saturated carbocycles. The van der Waals surface area contributed by atoms with E-state index < -0.39 is 9.45 Å². The van der Waals surface area contributed by atoms with Crippen LogP contribution < -0.4 is 0 Å². The summed E-state index contributed by atoms with van der Waals surface area (Å²) in [5, 5.41) is 0. The van der Waals surface area contributed by atoms with Crippen LogP contribution in [0.15, 0.2) is 0 Å². The Balaban J connectivity index is 2.56. The van der Waals surface area contributed by atoms with Crippen molar-refractivity contribution in [3.05, 3.63) is 0 Å². The first kappa shape index (κ1) is 17.1. The maximum Gasteiger partial charge on any atom is 0.410 e. The monoisotopic (exact) mass is 287 g/mol. The van der Waals surface area contributed by atoms with Crippen molar-refractivity contribution in [3.63, 3.8) is 0 Å². The summed E-state index contributed by atoms with van der Waals surface area (Å²) in [7, 11) is 1.91. The Morgan fingerprint density at radius 1 is 1.21 bits per heavy atom. The van der Waals surface area contributed by atoms with Gasteiger partial charge in [-0.1, -0.05) is 20.8 Å². The highest BCUT2D eigenvalue weighted by molar-refractivity contribution is 6.41. The Kier molecular flexibility index (Phi) is 6.05. The summed E-state index contributed by atoms with van der Waals surface area (Å²) < 4.78 is 13.6. The molecule has 0 aromatic heterocycles. The van der Waals surface area contributed by atoms with Crippen LogP contribution in [0.4, 0.5) is 0 Å². The highest BCUT2D eigenvalue weighted by Gasteiger charge is 2.40. The Bertz CT molecular complexity index is 272. The van der Waals surface area contributed by atoms with Gasteiger partial charge < -0.3 is 8.85 Å². The van der Waals surface area contributed by atoms with Gasteiger partial charge in [0, 0.05) is 19.8 Å². The third-order valence-corrected chi connectivity index (χ3v) is 6.58. The van der Waals surface area contributed by atoms with Crippen LogP contribution in [0.25, 0.3) is 0 Å². The molecule has 114 valence electrons. The first-order chi connectivity index (χ1) is 8.69. The Morgan fingerprint density at radius 3 is 2.21 bits per heavy atom. The van der Waals surface area contributed by atoms with E-state index in [1.165, 1.54) is 25.7 Å². The molecule has 1 atom stereocenters. The lowest BCUT2D eigenvalue weighted by molar-refractivity contribution is 0.0626. The Hall–Kier alpha value is 0.0969. The molecule has 3 nitrogen and oxygen atoms in total. The SMILES string of the molecule is CO[SiH](OC)N1CCC(CCC(C)(C)C)CC1(C)C. The molecule has 1 fully saturated rings. The quantitative estimate of drug-likeness (QED) is 0.724. The van der Waals surface area contributed by atoms with Gasteiger partial charge in [0.15, 0.2) is 0 Å².